The number of ether oxygens (including phenoxy) is 1. The van der Waals surface area contributed by atoms with E-state index in [4.69, 9.17) is 10.5 Å². The first-order valence-corrected chi connectivity index (χ1v) is 5.37. The van der Waals surface area contributed by atoms with Crippen LogP contribution in [-0.2, 0) is 0 Å². The standard InChI is InChI=1S/C14H12FNO2/c1-18-12-8-3-2-5-9(12)10-6-4-7-11(13(10)15)14(16)17/h2-8H,1H3,(H2,16,17). The molecule has 3 nitrogen and oxygen atoms in total. The lowest BCUT2D eigenvalue weighted by Crippen LogP contribution is -2.13. The fourth-order valence-electron chi connectivity index (χ4n) is 1.80. The largest absolute Gasteiger partial charge is 0.496 e. The molecule has 2 rings (SSSR count). The summed E-state index contributed by atoms with van der Waals surface area (Å²) in [5.74, 6) is -0.878. The molecule has 0 radical (unpaired) electrons. The second-order valence-electron chi connectivity index (χ2n) is 3.73. The first-order chi connectivity index (χ1) is 8.65. The van der Waals surface area contributed by atoms with Gasteiger partial charge in [0, 0.05) is 11.1 Å². The molecule has 0 aliphatic carbocycles. The van der Waals surface area contributed by atoms with Crippen LogP contribution in [0, 0.1) is 5.82 Å². The van der Waals surface area contributed by atoms with Crippen LogP contribution >= 0.6 is 0 Å². The summed E-state index contributed by atoms with van der Waals surface area (Å²) in [6, 6.07) is 11.5. The highest BCUT2D eigenvalue weighted by Crippen LogP contribution is 2.32. The molecule has 0 spiro atoms. The van der Waals surface area contributed by atoms with Crippen molar-refractivity contribution in [3.63, 3.8) is 0 Å². The third kappa shape index (κ3) is 2.05. The highest BCUT2D eigenvalue weighted by molar-refractivity contribution is 5.94. The molecular formula is C14H12FNO2. The van der Waals surface area contributed by atoms with Crippen LogP contribution in [0.2, 0.25) is 0 Å². The van der Waals surface area contributed by atoms with Gasteiger partial charge < -0.3 is 10.5 Å². The van der Waals surface area contributed by atoms with Crippen molar-refractivity contribution >= 4 is 5.91 Å². The van der Waals surface area contributed by atoms with E-state index in [1.54, 1.807) is 36.4 Å². The van der Waals surface area contributed by atoms with Crippen molar-refractivity contribution in [2.24, 2.45) is 5.73 Å². The second-order valence-corrected chi connectivity index (χ2v) is 3.73. The molecule has 0 saturated heterocycles. The van der Waals surface area contributed by atoms with E-state index in [-0.39, 0.29) is 5.56 Å². The van der Waals surface area contributed by atoms with Gasteiger partial charge in [0.2, 0.25) is 0 Å². The maximum absolute atomic E-state index is 14.2. The summed E-state index contributed by atoms with van der Waals surface area (Å²) in [4.78, 5) is 11.1. The van der Waals surface area contributed by atoms with Gasteiger partial charge in [0.15, 0.2) is 0 Å². The summed E-state index contributed by atoms with van der Waals surface area (Å²) in [6.45, 7) is 0. The summed E-state index contributed by atoms with van der Waals surface area (Å²) >= 11 is 0. The molecule has 4 heteroatoms. The number of hydrogen-bond donors (Lipinski definition) is 1. The normalized spacial score (nSPS) is 10.1. The number of benzene rings is 2. The number of methoxy groups -OCH3 is 1. The number of halogens is 1. The molecule has 0 heterocycles. The predicted octanol–water partition coefficient (Wildman–Crippen LogP) is 2.60. The first kappa shape index (κ1) is 12.1. The number of nitrogens with two attached hydrogens (primary N) is 1. The van der Waals surface area contributed by atoms with E-state index >= 15 is 0 Å². The van der Waals surface area contributed by atoms with Gasteiger partial charge in [0.05, 0.1) is 12.7 Å². The molecule has 0 unspecified atom stereocenters. The minimum absolute atomic E-state index is 0.126. The van der Waals surface area contributed by atoms with E-state index in [0.29, 0.717) is 16.9 Å². The molecule has 1 amide bonds. The predicted molar refractivity (Wildman–Crippen MR) is 66.9 cm³/mol. The lowest BCUT2D eigenvalue weighted by molar-refractivity contribution is 0.0996. The van der Waals surface area contributed by atoms with Gasteiger partial charge in [-0.3, -0.25) is 4.79 Å². The summed E-state index contributed by atoms with van der Waals surface area (Å²) in [5, 5.41) is 0. The van der Waals surface area contributed by atoms with Crippen LogP contribution in [-0.4, -0.2) is 13.0 Å². The average Bonchev–Trinajstić information content (AvgIpc) is 2.38. The molecule has 0 aliphatic heterocycles. The van der Waals surface area contributed by atoms with Gasteiger partial charge in [0.25, 0.3) is 5.91 Å². The highest BCUT2D eigenvalue weighted by atomic mass is 19.1. The number of carbonyl (C=O) groups is 1. The first-order valence-electron chi connectivity index (χ1n) is 5.37. The molecule has 2 aromatic carbocycles. The van der Waals surface area contributed by atoms with E-state index in [9.17, 15) is 9.18 Å². The number of amides is 1. The molecule has 0 aromatic heterocycles. The van der Waals surface area contributed by atoms with Crippen LogP contribution in [0.5, 0.6) is 5.75 Å². The van der Waals surface area contributed by atoms with E-state index in [0.717, 1.165) is 0 Å². The summed E-state index contributed by atoms with van der Waals surface area (Å²) < 4.78 is 19.3. The zero-order valence-corrected chi connectivity index (χ0v) is 9.81. The maximum Gasteiger partial charge on any atom is 0.251 e. The van der Waals surface area contributed by atoms with Gasteiger partial charge in [-0.1, -0.05) is 30.3 Å². The van der Waals surface area contributed by atoms with Crippen molar-refractivity contribution in [2.45, 2.75) is 0 Å². The van der Waals surface area contributed by atoms with E-state index in [1.165, 1.54) is 13.2 Å². The average molecular weight is 245 g/mol. The summed E-state index contributed by atoms with van der Waals surface area (Å²) in [6.07, 6.45) is 0. The van der Waals surface area contributed by atoms with Crippen LogP contribution in [0.3, 0.4) is 0 Å². The fraction of sp³-hybridized carbons (Fsp3) is 0.0714. The summed E-state index contributed by atoms with van der Waals surface area (Å²) in [5.41, 5.74) is 5.87. The monoisotopic (exact) mass is 245 g/mol. The molecule has 18 heavy (non-hydrogen) atoms. The van der Waals surface area contributed by atoms with Crippen molar-refractivity contribution in [3.8, 4) is 16.9 Å². The molecule has 0 fully saturated rings. The van der Waals surface area contributed by atoms with Gasteiger partial charge in [-0.05, 0) is 12.1 Å². The Morgan fingerprint density at radius 3 is 2.44 bits per heavy atom. The topological polar surface area (TPSA) is 52.3 Å². The molecule has 2 N–H and O–H groups in total. The van der Waals surface area contributed by atoms with Gasteiger partial charge >= 0.3 is 0 Å². The molecule has 0 aliphatic rings. The van der Waals surface area contributed by atoms with Gasteiger partial charge in [-0.2, -0.15) is 0 Å². The second kappa shape index (κ2) is 4.87. The number of rotatable bonds is 3. The molecule has 0 bridgehead atoms. The molecule has 92 valence electrons. The zero-order chi connectivity index (χ0) is 13.1. The Bertz CT molecular complexity index is 596. The summed E-state index contributed by atoms with van der Waals surface area (Å²) in [7, 11) is 1.51. The number of hydrogen-bond acceptors (Lipinski definition) is 2. The van der Waals surface area contributed by atoms with Crippen molar-refractivity contribution in [1.29, 1.82) is 0 Å². The SMILES string of the molecule is COc1ccccc1-c1cccc(C(N)=O)c1F. The van der Waals surface area contributed by atoms with Crippen LogP contribution in [0.4, 0.5) is 4.39 Å². The van der Waals surface area contributed by atoms with Crippen LogP contribution in [0.25, 0.3) is 11.1 Å². The Balaban J connectivity index is 2.64. The van der Waals surface area contributed by atoms with Crippen molar-refractivity contribution in [1.82, 2.24) is 0 Å². The van der Waals surface area contributed by atoms with Gasteiger partial charge in [0.1, 0.15) is 11.6 Å². The third-order valence-corrected chi connectivity index (χ3v) is 2.66. The minimum Gasteiger partial charge on any atom is -0.496 e. The Hall–Kier alpha value is -2.36. The zero-order valence-electron chi connectivity index (χ0n) is 9.81. The Morgan fingerprint density at radius 1 is 1.11 bits per heavy atom. The van der Waals surface area contributed by atoms with Crippen LogP contribution in [0.15, 0.2) is 42.5 Å². The smallest absolute Gasteiger partial charge is 0.251 e. The lowest BCUT2D eigenvalue weighted by Gasteiger charge is -2.10. The fourth-order valence-corrected chi connectivity index (χ4v) is 1.80. The van der Waals surface area contributed by atoms with Crippen molar-refractivity contribution in [2.75, 3.05) is 7.11 Å². The molecule has 0 atom stereocenters. The van der Waals surface area contributed by atoms with Gasteiger partial charge in [-0.15, -0.1) is 0 Å². The molecule has 0 saturated carbocycles. The van der Waals surface area contributed by atoms with Crippen molar-refractivity contribution in [3.05, 3.63) is 53.8 Å². The quantitative estimate of drug-likeness (QED) is 0.903. The Morgan fingerprint density at radius 2 is 1.78 bits per heavy atom. The maximum atomic E-state index is 14.2. The highest BCUT2D eigenvalue weighted by Gasteiger charge is 2.15. The number of primary amides is 1. The Labute approximate surface area is 104 Å². The van der Waals surface area contributed by atoms with E-state index in [2.05, 4.69) is 0 Å². The van der Waals surface area contributed by atoms with E-state index < -0.39 is 11.7 Å². The molecule has 2 aromatic rings. The van der Waals surface area contributed by atoms with Crippen LogP contribution < -0.4 is 10.5 Å². The van der Waals surface area contributed by atoms with Crippen LogP contribution in [0.1, 0.15) is 10.4 Å². The third-order valence-electron chi connectivity index (χ3n) is 2.66. The minimum atomic E-state index is -0.788. The number of para-hydroxylation sites is 1. The Kier molecular flexibility index (Phi) is 3.28. The molecular weight excluding hydrogens is 233 g/mol. The van der Waals surface area contributed by atoms with E-state index in [1.807, 2.05) is 0 Å². The number of carbonyl (C=O) groups excluding carboxylic acids is 1. The lowest BCUT2D eigenvalue weighted by atomic mass is 10.0. The van der Waals surface area contributed by atoms with Gasteiger partial charge in [-0.25, -0.2) is 4.39 Å². The van der Waals surface area contributed by atoms with Crippen molar-refractivity contribution < 1.29 is 13.9 Å².